The lowest BCUT2D eigenvalue weighted by atomic mass is 9.94. The minimum Gasteiger partial charge on any atom is -0.354 e. The Balaban J connectivity index is 2.15. The van der Waals surface area contributed by atoms with Crippen molar-refractivity contribution in [2.45, 2.75) is 58.5 Å². The van der Waals surface area contributed by atoms with Gasteiger partial charge in [-0.15, -0.1) is 0 Å². The number of hydrogen-bond acceptors (Lipinski definition) is 3. The van der Waals surface area contributed by atoms with E-state index in [1.165, 1.54) is 0 Å². The average Bonchev–Trinajstić information content (AvgIpc) is 2.31. The van der Waals surface area contributed by atoms with Gasteiger partial charge < -0.3 is 16.0 Å². The molecule has 19 heavy (non-hydrogen) atoms. The lowest BCUT2D eigenvalue weighted by Crippen LogP contribution is -2.50. The molecular formula is C14H27N3O2. The summed E-state index contributed by atoms with van der Waals surface area (Å²) in [6.45, 7) is 7.91. The summed E-state index contributed by atoms with van der Waals surface area (Å²) in [4.78, 5) is 23.2. The third-order valence-corrected chi connectivity index (χ3v) is 3.43. The summed E-state index contributed by atoms with van der Waals surface area (Å²) in [5.74, 6) is 0.600. The molecule has 5 nitrogen and oxygen atoms in total. The summed E-state index contributed by atoms with van der Waals surface area (Å²) in [7, 11) is 0. The van der Waals surface area contributed by atoms with Gasteiger partial charge in [0.1, 0.15) is 0 Å². The number of amides is 2. The first-order valence-corrected chi connectivity index (χ1v) is 7.28. The van der Waals surface area contributed by atoms with Gasteiger partial charge in [0, 0.05) is 31.5 Å². The Morgan fingerprint density at radius 2 is 1.95 bits per heavy atom. The highest BCUT2D eigenvalue weighted by Crippen LogP contribution is 2.11. The van der Waals surface area contributed by atoms with E-state index >= 15 is 0 Å². The molecule has 0 aromatic heterocycles. The standard InChI is InChI=1S/C14H27N3O2/c1-10(2)16-13(18)5-4-6-14(19)17-12-9-15-8-7-11(12)3/h10-12,15H,4-9H2,1-3H3,(H,16,18)(H,17,19). The summed E-state index contributed by atoms with van der Waals surface area (Å²) >= 11 is 0. The van der Waals surface area contributed by atoms with Crippen molar-refractivity contribution in [3.8, 4) is 0 Å². The lowest BCUT2D eigenvalue weighted by Gasteiger charge is -2.30. The summed E-state index contributed by atoms with van der Waals surface area (Å²) in [6, 6.07) is 0.390. The lowest BCUT2D eigenvalue weighted by molar-refractivity contribution is -0.123. The summed E-state index contributed by atoms with van der Waals surface area (Å²) in [6.07, 6.45) is 2.56. The quantitative estimate of drug-likeness (QED) is 0.668. The van der Waals surface area contributed by atoms with Gasteiger partial charge in [-0.25, -0.2) is 0 Å². The van der Waals surface area contributed by atoms with E-state index in [4.69, 9.17) is 0 Å². The van der Waals surface area contributed by atoms with Crippen LogP contribution in [0.15, 0.2) is 0 Å². The number of piperidine rings is 1. The molecule has 2 atom stereocenters. The molecule has 1 aliphatic rings. The number of nitrogens with one attached hydrogen (secondary N) is 3. The summed E-state index contributed by atoms with van der Waals surface area (Å²) in [5, 5.41) is 9.16. The highest BCUT2D eigenvalue weighted by atomic mass is 16.2. The monoisotopic (exact) mass is 269 g/mol. The number of hydrogen-bond donors (Lipinski definition) is 3. The molecule has 1 saturated heterocycles. The number of rotatable bonds is 6. The predicted octanol–water partition coefficient (Wildman–Crippen LogP) is 0.796. The molecule has 2 unspecified atom stereocenters. The van der Waals surface area contributed by atoms with Crippen molar-refractivity contribution in [1.82, 2.24) is 16.0 Å². The van der Waals surface area contributed by atoms with Crippen LogP contribution in [0.5, 0.6) is 0 Å². The Bertz CT molecular complexity index is 305. The topological polar surface area (TPSA) is 70.2 Å². The molecular weight excluding hydrogens is 242 g/mol. The van der Waals surface area contributed by atoms with Crippen molar-refractivity contribution in [3.63, 3.8) is 0 Å². The van der Waals surface area contributed by atoms with Crippen molar-refractivity contribution in [2.75, 3.05) is 13.1 Å². The van der Waals surface area contributed by atoms with Crippen molar-refractivity contribution >= 4 is 11.8 Å². The van der Waals surface area contributed by atoms with Crippen LogP contribution in [0.25, 0.3) is 0 Å². The van der Waals surface area contributed by atoms with Gasteiger partial charge in [0.2, 0.25) is 11.8 Å². The van der Waals surface area contributed by atoms with Crippen LogP contribution in [-0.2, 0) is 9.59 Å². The predicted molar refractivity (Wildman–Crippen MR) is 75.7 cm³/mol. The molecule has 0 radical (unpaired) electrons. The molecule has 0 aliphatic carbocycles. The van der Waals surface area contributed by atoms with E-state index in [9.17, 15) is 9.59 Å². The van der Waals surface area contributed by atoms with Gasteiger partial charge in [-0.05, 0) is 39.2 Å². The Kier molecular flexibility index (Phi) is 6.84. The maximum absolute atomic E-state index is 11.8. The molecule has 2 amide bonds. The van der Waals surface area contributed by atoms with Crippen molar-refractivity contribution < 1.29 is 9.59 Å². The van der Waals surface area contributed by atoms with Gasteiger partial charge in [-0.2, -0.15) is 0 Å². The van der Waals surface area contributed by atoms with E-state index in [-0.39, 0.29) is 23.9 Å². The Morgan fingerprint density at radius 3 is 2.58 bits per heavy atom. The van der Waals surface area contributed by atoms with Crippen LogP contribution in [0.4, 0.5) is 0 Å². The second kappa shape index (κ2) is 8.15. The largest absolute Gasteiger partial charge is 0.354 e. The van der Waals surface area contributed by atoms with Gasteiger partial charge in [-0.1, -0.05) is 6.92 Å². The van der Waals surface area contributed by atoms with E-state index in [1.807, 2.05) is 13.8 Å². The molecule has 5 heteroatoms. The summed E-state index contributed by atoms with van der Waals surface area (Å²) < 4.78 is 0. The molecule has 0 aromatic rings. The zero-order chi connectivity index (χ0) is 14.3. The van der Waals surface area contributed by atoms with Crippen LogP contribution in [0.1, 0.15) is 46.5 Å². The first-order valence-electron chi connectivity index (χ1n) is 7.28. The van der Waals surface area contributed by atoms with E-state index in [2.05, 4.69) is 22.9 Å². The van der Waals surface area contributed by atoms with Crippen LogP contribution < -0.4 is 16.0 Å². The smallest absolute Gasteiger partial charge is 0.220 e. The molecule has 1 heterocycles. The van der Waals surface area contributed by atoms with Crippen LogP contribution >= 0.6 is 0 Å². The molecule has 0 bridgehead atoms. The normalized spacial score (nSPS) is 23.2. The molecule has 0 aromatic carbocycles. The summed E-state index contributed by atoms with van der Waals surface area (Å²) in [5.41, 5.74) is 0. The molecule has 0 spiro atoms. The van der Waals surface area contributed by atoms with Gasteiger partial charge in [0.05, 0.1) is 0 Å². The fraction of sp³-hybridized carbons (Fsp3) is 0.857. The average molecular weight is 269 g/mol. The van der Waals surface area contributed by atoms with Crippen LogP contribution in [0, 0.1) is 5.92 Å². The maximum atomic E-state index is 11.8. The third-order valence-electron chi connectivity index (χ3n) is 3.43. The van der Waals surface area contributed by atoms with E-state index in [1.54, 1.807) is 0 Å². The van der Waals surface area contributed by atoms with Gasteiger partial charge in [0.15, 0.2) is 0 Å². The SMILES string of the molecule is CC(C)NC(=O)CCCC(=O)NC1CNCCC1C. The highest BCUT2D eigenvalue weighted by molar-refractivity contribution is 5.79. The molecule has 1 rings (SSSR count). The number of carbonyl (C=O) groups excluding carboxylic acids is 2. The minimum absolute atomic E-state index is 0.0236. The third kappa shape index (κ3) is 6.57. The fourth-order valence-corrected chi connectivity index (χ4v) is 2.27. The molecule has 1 fully saturated rings. The Morgan fingerprint density at radius 1 is 1.26 bits per heavy atom. The van der Waals surface area contributed by atoms with Gasteiger partial charge in [-0.3, -0.25) is 9.59 Å². The fourth-order valence-electron chi connectivity index (χ4n) is 2.27. The van der Waals surface area contributed by atoms with Crippen molar-refractivity contribution in [2.24, 2.45) is 5.92 Å². The van der Waals surface area contributed by atoms with Gasteiger partial charge >= 0.3 is 0 Å². The second-order valence-electron chi connectivity index (χ2n) is 5.72. The Labute approximate surface area is 115 Å². The number of carbonyl (C=O) groups is 2. The zero-order valence-corrected chi connectivity index (χ0v) is 12.3. The molecule has 1 aliphatic heterocycles. The van der Waals surface area contributed by atoms with Gasteiger partial charge in [0.25, 0.3) is 0 Å². The van der Waals surface area contributed by atoms with Crippen LogP contribution in [0.3, 0.4) is 0 Å². The maximum Gasteiger partial charge on any atom is 0.220 e. The first-order chi connectivity index (χ1) is 8.99. The Hall–Kier alpha value is -1.10. The van der Waals surface area contributed by atoms with Crippen LogP contribution in [0.2, 0.25) is 0 Å². The van der Waals surface area contributed by atoms with E-state index < -0.39 is 0 Å². The molecule has 110 valence electrons. The van der Waals surface area contributed by atoms with E-state index in [0.29, 0.717) is 25.2 Å². The highest BCUT2D eigenvalue weighted by Gasteiger charge is 2.22. The minimum atomic E-state index is 0.0236. The van der Waals surface area contributed by atoms with E-state index in [0.717, 1.165) is 19.5 Å². The molecule has 3 N–H and O–H groups in total. The van der Waals surface area contributed by atoms with Crippen LogP contribution in [-0.4, -0.2) is 37.0 Å². The van der Waals surface area contributed by atoms with Crippen molar-refractivity contribution in [3.05, 3.63) is 0 Å². The zero-order valence-electron chi connectivity index (χ0n) is 12.3. The molecule has 0 saturated carbocycles. The second-order valence-corrected chi connectivity index (χ2v) is 5.72. The van der Waals surface area contributed by atoms with Crippen molar-refractivity contribution in [1.29, 1.82) is 0 Å². The first kappa shape index (κ1) is 16.0.